The molecule has 0 radical (unpaired) electrons. The summed E-state index contributed by atoms with van der Waals surface area (Å²) in [6.45, 7) is 1.31. The molecule has 110 valence electrons. The van der Waals surface area contributed by atoms with Gasteiger partial charge in [-0.25, -0.2) is 4.98 Å². The molecule has 1 atom stereocenters. The van der Waals surface area contributed by atoms with Crippen molar-refractivity contribution in [2.75, 3.05) is 26.4 Å². The van der Waals surface area contributed by atoms with Gasteiger partial charge in [-0.1, -0.05) is 12.1 Å². The number of rotatable bonds is 3. The first-order valence-corrected chi connectivity index (χ1v) is 7.67. The van der Waals surface area contributed by atoms with Gasteiger partial charge in [-0.3, -0.25) is 4.79 Å². The van der Waals surface area contributed by atoms with E-state index in [9.17, 15) is 9.90 Å². The van der Waals surface area contributed by atoms with Gasteiger partial charge in [0.05, 0.1) is 25.9 Å². The number of amides is 1. The number of carbonyl (C=O) groups excluding carboxylic acids is 1. The molecule has 1 fully saturated rings. The molecule has 0 spiro atoms. The van der Waals surface area contributed by atoms with Gasteiger partial charge in [0.2, 0.25) is 0 Å². The Labute approximate surface area is 126 Å². The number of ether oxygens (including phenoxy) is 1. The summed E-state index contributed by atoms with van der Waals surface area (Å²) >= 11 is 1.54. The number of hydrogen-bond donors (Lipinski definition) is 1. The highest BCUT2D eigenvalue weighted by atomic mass is 32.1. The fourth-order valence-corrected chi connectivity index (χ4v) is 3.03. The topological polar surface area (TPSA) is 62.7 Å². The van der Waals surface area contributed by atoms with E-state index >= 15 is 0 Å². The van der Waals surface area contributed by atoms with Gasteiger partial charge in [0.25, 0.3) is 5.91 Å². The lowest BCUT2D eigenvalue weighted by molar-refractivity contribution is -0.0183. The third kappa shape index (κ3) is 2.97. The van der Waals surface area contributed by atoms with Gasteiger partial charge in [-0.2, -0.15) is 0 Å². The van der Waals surface area contributed by atoms with Crippen molar-refractivity contribution in [1.82, 2.24) is 9.88 Å². The predicted octanol–water partition coefficient (Wildman–Crippen LogP) is 1.64. The van der Waals surface area contributed by atoms with E-state index in [4.69, 9.17) is 4.74 Å². The quantitative estimate of drug-likeness (QED) is 0.936. The summed E-state index contributed by atoms with van der Waals surface area (Å²) in [5, 5.41) is 12.2. The van der Waals surface area contributed by atoms with E-state index in [2.05, 4.69) is 4.98 Å². The molecule has 2 aromatic rings. The van der Waals surface area contributed by atoms with Crippen LogP contribution in [-0.2, 0) is 4.74 Å². The number of nitrogens with zero attached hydrogens (tertiary/aromatic N) is 2. The minimum atomic E-state index is -0.269. The van der Waals surface area contributed by atoms with Crippen LogP contribution in [0.4, 0.5) is 0 Å². The summed E-state index contributed by atoms with van der Waals surface area (Å²) < 4.78 is 5.31. The number of carbonyl (C=O) groups is 1. The zero-order chi connectivity index (χ0) is 14.7. The molecule has 5 nitrogen and oxygen atoms in total. The van der Waals surface area contributed by atoms with Crippen LogP contribution < -0.4 is 0 Å². The summed E-state index contributed by atoms with van der Waals surface area (Å²) in [6.07, 6.45) is 1.75. The zero-order valence-electron chi connectivity index (χ0n) is 11.4. The molecule has 1 saturated heterocycles. The predicted molar refractivity (Wildman–Crippen MR) is 80.3 cm³/mol. The van der Waals surface area contributed by atoms with E-state index in [1.54, 1.807) is 28.5 Å². The minimum Gasteiger partial charge on any atom is -0.394 e. The van der Waals surface area contributed by atoms with Crippen molar-refractivity contribution in [1.29, 1.82) is 0 Å². The van der Waals surface area contributed by atoms with Crippen molar-refractivity contribution in [2.45, 2.75) is 6.04 Å². The van der Waals surface area contributed by atoms with Crippen molar-refractivity contribution in [3.8, 4) is 10.6 Å². The van der Waals surface area contributed by atoms with Gasteiger partial charge >= 0.3 is 0 Å². The number of thiazole rings is 1. The number of morpholine rings is 1. The van der Waals surface area contributed by atoms with Crippen LogP contribution in [-0.4, -0.2) is 53.3 Å². The first kappa shape index (κ1) is 14.2. The fourth-order valence-electron chi connectivity index (χ4n) is 2.39. The largest absolute Gasteiger partial charge is 0.394 e. The number of aliphatic hydroxyl groups excluding tert-OH is 1. The molecule has 1 amide bonds. The molecule has 0 saturated carbocycles. The Kier molecular flexibility index (Phi) is 4.28. The van der Waals surface area contributed by atoms with Crippen LogP contribution in [0.5, 0.6) is 0 Å². The lowest BCUT2D eigenvalue weighted by atomic mass is 10.1. The van der Waals surface area contributed by atoms with Crippen LogP contribution in [0.1, 0.15) is 10.4 Å². The van der Waals surface area contributed by atoms with Crippen molar-refractivity contribution in [2.24, 2.45) is 0 Å². The Morgan fingerprint density at radius 3 is 3.19 bits per heavy atom. The second kappa shape index (κ2) is 6.34. The summed E-state index contributed by atoms with van der Waals surface area (Å²) in [4.78, 5) is 18.6. The highest BCUT2D eigenvalue weighted by Crippen LogP contribution is 2.23. The summed E-state index contributed by atoms with van der Waals surface area (Å²) in [7, 11) is 0. The van der Waals surface area contributed by atoms with Crippen LogP contribution in [0.25, 0.3) is 10.6 Å². The highest BCUT2D eigenvalue weighted by molar-refractivity contribution is 7.13. The first-order chi connectivity index (χ1) is 10.3. The van der Waals surface area contributed by atoms with E-state index in [0.29, 0.717) is 25.3 Å². The van der Waals surface area contributed by atoms with E-state index < -0.39 is 0 Å². The normalized spacial score (nSPS) is 18.7. The van der Waals surface area contributed by atoms with Gasteiger partial charge in [0, 0.05) is 29.2 Å². The molecule has 1 aliphatic heterocycles. The maximum Gasteiger partial charge on any atom is 0.254 e. The van der Waals surface area contributed by atoms with E-state index in [1.807, 2.05) is 23.6 Å². The van der Waals surface area contributed by atoms with Crippen LogP contribution in [0, 0.1) is 0 Å². The number of aliphatic hydroxyl groups is 1. The Morgan fingerprint density at radius 2 is 2.43 bits per heavy atom. The Bertz CT molecular complexity index is 615. The van der Waals surface area contributed by atoms with Gasteiger partial charge in [-0.15, -0.1) is 11.3 Å². The molecule has 0 aliphatic carbocycles. The second-order valence-electron chi connectivity index (χ2n) is 4.83. The molecule has 0 bridgehead atoms. The van der Waals surface area contributed by atoms with Gasteiger partial charge in [0.15, 0.2) is 0 Å². The van der Waals surface area contributed by atoms with Crippen LogP contribution in [0.15, 0.2) is 35.8 Å². The fraction of sp³-hybridized carbons (Fsp3) is 0.333. The maximum absolute atomic E-state index is 12.6. The molecule has 1 unspecified atom stereocenters. The average molecular weight is 304 g/mol. The second-order valence-corrected chi connectivity index (χ2v) is 5.72. The Balaban J connectivity index is 1.86. The van der Waals surface area contributed by atoms with Crippen LogP contribution in [0.3, 0.4) is 0 Å². The molecular formula is C15H16N2O3S. The lowest BCUT2D eigenvalue weighted by Crippen LogP contribution is -2.50. The number of benzene rings is 1. The summed E-state index contributed by atoms with van der Waals surface area (Å²) in [5.41, 5.74) is 1.55. The molecule has 1 aliphatic rings. The van der Waals surface area contributed by atoms with Gasteiger partial charge in [0.1, 0.15) is 5.01 Å². The van der Waals surface area contributed by atoms with Crippen molar-refractivity contribution in [3.63, 3.8) is 0 Å². The molecule has 1 aromatic carbocycles. The molecule has 6 heteroatoms. The first-order valence-electron chi connectivity index (χ1n) is 6.79. The average Bonchev–Trinajstić information content (AvgIpc) is 3.09. The number of hydrogen-bond acceptors (Lipinski definition) is 5. The van der Waals surface area contributed by atoms with Crippen molar-refractivity contribution >= 4 is 17.2 Å². The Morgan fingerprint density at radius 1 is 1.52 bits per heavy atom. The standard InChI is InChI=1S/C15H16N2O3S/c18-9-13-10-20-6-5-17(13)15(19)12-3-1-2-11(8-12)14-16-4-7-21-14/h1-4,7-8,13,18H,5-6,9-10H2. The van der Waals surface area contributed by atoms with E-state index in [1.165, 1.54) is 0 Å². The summed E-state index contributed by atoms with van der Waals surface area (Å²) in [5.74, 6) is -0.0734. The summed E-state index contributed by atoms with van der Waals surface area (Å²) in [6, 6.07) is 7.18. The number of aromatic nitrogens is 1. The third-order valence-electron chi connectivity index (χ3n) is 3.49. The van der Waals surface area contributed by atoms with Gasteiger partial charge in [-0.05, 0) is 12.1 Å². The Hall–Kier alpha value is -1.76. The molecule has 1 N–H and O–H groups in total. The van der Waals surface area contributed by atoms with Crippen molar-refractivity contribution < 1.29 is 14.6 Å². The van der Waals surface area contributed by atoms with E-state index in [-0.39, 0.29) is 18.6 Å². The third-order valence-corrected chi connectivity index (χ3v) is 4.31. The van der Waals surface area contributed by atoms with Crippen LogP contribution in [0.2, 0.25) is 0 Å². The smallest absolute Gasteiger partial charge is 0.254 e. The SMILES string of the molecule is O=C(c1cccc(-c2nccs2)c1)N1CCOCC1CO. The lowest BCUT2D eigenvalue weighted by Gasteiger charge is -2.34. The van der Waals surface area contributed by atoms with E-state index in [0.717, 1.165) is 10.6 Å². The monoisotopic (exact) mass is 304 g/mol. The molecule has 3 rings (SSSR count). The molecule has 2 heterocycles. The highest BCUT2D eigenvalue weighted by Gasteiger charge is 2.27. The molecule has 21 heavy (non-hydrogen) atoms. The zero-order valence-corrected chi connectivity index (χ0v) is 12.3. The minimum absolute atomic E-state index is 0.0734. The van der Waals surface area contributed by atoms with Crippen molar-refractivity contribution in [3.05, 3.63) is 41.4 Å². The molecular weight excluding hydrogens is 288 g/mol. The maximum atomic E-state index is 12.6. The van der Waals surface area contributed by atoms with Gasteiger partial charge < -0.3 is 14.7 Å². The van der Waals surface area contributed by atoms with Crippen LogP contribution >= 0.6 is 11.3 Å². The molecule has 1 aromatic heterocycles.